The number of thiophene rings is 1. The molecule has 0 atom stereocenters. The number of hydrogen-bond donors (Lipinski definition) is 1. The van der Waals surface area contributed by atoms with Gasteiger partial charge in [-0.1, -0.05) is 6.07 Å². The Kier molecular flexibility index (Phi) is 5.87. The van der Waals surface area contributed by atoms with Crippen LogP contribution in [0.2, 0.25) is 0 Å². The summed E-state index contributed by atoms with van der Waals surface area (Å²) in [6.07, 6.45) is 0.192. The highest BCUT2D eigenvalue weighted by Gasteiger charge is 2.11. The summed E-state index contributed by atoms with van der Waals surface area (Å²) >= 11 is 1.40. The van der Waals surface area contributed by atoms with Gasteiger partial charge in [-0.25, -0.2) is 4.79 Å². The molecule has 2 aromatic heterocycles. The lowest BCUT2D eigenvalue weighted by Crippen LogP contribution is -2.32. The van der Waals surface area contributed by atoms with Gasteiger partial charge in [-0.3, -0.25) is 4.79 Å². The molecule has 1 N–H and O–H groups in total. The minimum atomic E-state index is -0.341. The minimum Gasteiger partial charge on any atom is -0.493 e. The average molecular weight is 389 g/mol. The van der Waals surface area contributed by atoms with Gasteiger partial charge in [0.15, 0.2) is 11.5 Å². The van der Waals surface area contributed by atoms with E-state index in [1.807, 2.05) is 11.4 Å². The number of aromatic nitrogens is 4. The van der Waals surface area contributed by atoms with Crippen LogP contribution < -0.4 is 20.5 Å². The second-order valence-electron chi connectivity index (χ2n) is 5.56. The lowest BCUT2D eigenvalue weighted by molar-refractivity contribution is -0.120. The van der Waals surface area contributed by atoms with Crippen LogP contribution in [0.15, 0.2) is 40.5 Å². The van der Waals surface area contributed by atoms with E-state index < -0.39 is 0 Å². The van der Waals surface area contributed by atoms with Crippen LogP contribution in [0.4, 0.5) is 0 Å². The molecule has 10 heteroatoms. The molecule has 3 aromatic rings. The summed E-state index contributed by atoms with van der Waals surface area (Å²) in [7, 11) is 3.10. The van der Waals surface area contributed by atoms with E-state index in [1.165, 1.54) is 20.7 Å². The van der Waals surface area contributed by atoms with Crippen LogP contribution in [-0.2, 0) is 17.8 Å². The van der Waals surface area contributed by atoms with Gasteiger partial charge in [0.05, 0.1) is 27.2 Å². The maximum Gasteiger partial charge on any atom is 0.369 e. The number of ether oxygens (including phenoxy) is 2. The van der Waals surface area contributed by atoms with Crippen molar-refractivity contribution >= 4 is 17.2 Å². The van der Waals surface area contributed by atoms with Gasteiger partial charge in [0.25, 0.3) is 0 Å². The summed E-state index contributed by atoms with van der Waals surface area (Å²) in [5.74, 6) is 1.01. The molecular formula is C17H19N5O4S. The van der Waals surface area contributed by atoms with Crippen molar-refractivity contribution in [2.24, 2.45) is 0 Å². The van der Waals surface area contributed by atoms with E-state index in [0.29, 0.717) is 16.5 Å². The standard InChI is InChI=1S/C17H19N5O4S/c1-25-13-6-5-12(10-14(13)26-2)11-15(23)18-7-8-21-17(24)22(20-19-21)16-4-3-9-27-16/h3-6,9-10H,7-8,11H2,1-2H3,(H,18,23). The first-order chi connectivity index (χ1) is 13.1. The van der Waals surface area contributed by atoms with Crippen LogP contribution in [0.25, 0.3) is 5.00 Å². The van der Waals surface area contributed by atoms with Gasteiger partial charge >= 0.3 is 5.69 Å². The Morgan fingerprint density at radius 3 is 2.70 bits per heavy atom. The number of carbonyl (C=O) groups is 1. The Morgan fingerprint density at radius 1 is 1.19 bits per heavy atom. The van der Waals surface area contributed by atoms with Crippen molar-refractivity contribution in [2.75, 3.05) is 20.8 Å². The lowest BCUT2D eigenvalue weighted by Gasteiger charge is -2.09. The maximum absolute atomic E-state index is 12.2. The molecule has 0 aliphatic carbocycles. The number of rotatable bonds is 8. The monoisotopic (exact) mass is 389 g/mol. The third kappa shape index (κ3) is 4.34. The van der Waals surface area contributed by atoms with E-state index >= 15 is 0 Å². The molecule has 0 unspecified atom stereocenters. The zero-order valence-corrected chi connectivity index (χ0v) is 15.7. The Hall–Kier alpha value is -3.14. The van der Waals surface area contributed by atoms with Gasteiger partial charge in [0.1, 0.15) is 5.00 Å². The average Bonchev–Trinajstić information content (AvgIpc) is 3.32. The van der Waals surface area contributed by atoms with Crippen molar-refractivity contribution < 1.29 is 14.3 Å². The van der Waals surface area contributed by atoms with Gasteiger partial charge in [-0.05, 0) is 45.6 Å². The molecule has 27 heavy (non-hydrogen) atoms. The molecule has 0 radical (unpaired) electrons. The van der Waals surface area contributed by atoms with Gasteiger partial charge in [-0.2, -0.15) is 9.36 Å². The fourth-order valence-electron chi connectivity index (χ4n) is 2.48. The molecule has 0 saturated carbocycles. The molecule has 3 rings (SSSR count). The smallest absolute Gasteiger partial charge is 0.369 e. The second kappa shape index (κ2) is 8.49. The molecule has 0 aliphatic heterocycles. The number of hydrogen-bond acceptors (Lipinski definition) is 7. The first-order valence-electron chi connectivity index (χ1n) is 8.16. The van der Waals surface area contributed by atoms with E-state index in [1.54, 1.807) is 38.5 Å². The summed E-state index contributed by atoms with van der Waals surface area (Å²) in [5.41, 5.74) is 0.456. The van der Waals surface area contributed by atoms with Gasteiger partial charge in [0, 0.05) is 6.54 Å². The molecule has 142 valence electrons. The van der Waals surface area contributed by atoms with E-state index in [2.05, 4.69) is 15.7 Å². The number of benzene rings is 1. The number of amides is 1. The topological polar surface area (TPSA) is 100 Å². The van der Waals surface area contributed by atoms with Crippen molar-refractivity contribution in [1.29, 1.82) is 0 Å². The van der Waals surface area contributed by atoms with E-state index in [-0.39, 0.29) is 31.1 Å². The zero-order valence-electron chi connectivity index (χ0n) is 14.9. The van der Waals surface area contributed by atoms with E-state index in [0.717, 1.165) is 5.56 Å². The largest absolute Gasteiger partial charge is 0.493 e. The minimum absolute atomic E-state index is 0.166. The lowest BCUT2D eigenvalue weighted by atomic mass is 10.1. The predicted octanol–water partition coefficient (Wildman–Crippen LogP) is 0.867. The molecule has 2 heterocycles. The fourth-order valence-corrected chi connectivity index (χ4v) is 3.15. The summed E-state index contributed by atoms with van der Waals surface area (Å²) in [6, 6.07) is 8.94. The van der Waals surface area contributed by atoms with E-state index in [4.69, 9.17) is 9.47 Å². The quantitative estimate of drug-likeness (QED) is 0.614. The molecular weight excluding hydrogens is 370 g/mol. The Balaban J connectivity index is 1.54. The number of nitrogens with one attached hydrogen (secondary N) is 1. The van der Waals surface area contributed by atoms with Gasteiger partial charge in [0.2, 0.25) is 5.91 Å². The first-order valence-corrected chi connectivity index (χ1v) is 9.04. The van der Waals surface area contributed by atoms with Crippen LogP contribution in [-0.4, -0.2) is 46.5 Å². The highest BCUT2D eigenvalue weighted by molar-refractivity contribution is 7.12. The van der Waals surface area contributed by atoms with Crippen LogP contribution in [0, 0.1) is 0 Å². The summed E-state index contributed by atoms with van der Waals surface area (Å²) in [6.45, 7) is 0.511. The summed E-state index contributed by atoms with van der Waals surface area (Å²) in [5, 5.41) is 13.0. The molecule has 0 aliphatic rings. The van der Waals surface area contributed by atoms with Crippen molar-refractivity contribution in [2.45, 2.75) is 13.0 Å². The third-order valence-electron chi connectivity index (χ3n) is 3.81. The summed E-state index contributed by atoms with van der Waals surface area (Å²) < 4.78 is 12.9. The molecule has 0 spiro atoms. The molecule has 0 fully saturated rings. The number of nitrogens with zero attached hydrogens (tertiary/aromatic N) is 4. The molecule has 0 bridgehead atoms. The maximum atomic E-state index is 12.2. The predicted molar refractivity (Wildman–Crippen MR) is 99.8 cm³/mol. The second-order valence-corrected chi connectivity index (χ2v) is 6.49. The van der Waals surface area contributed by atoms with Crippen molar-refractivity contribution in [3.63, 3.8) is 0 Å². The normalized spacial score (nSPS) is 10.6. The highest BCUT2D eigenvalue weighted by Crippen LogP contribution is 2.27. The Labute approximate surface area is 159 Å². The van der Waals surface area contributed by atoms with Crippen molar-refractivity contribution in [3.05, 3.63) is 51.8 Å². The molecule has 9 nitrogen and oxygen atoms in total. The molecule has 1 amide bonds. The van der Waals surface area contributed by atoms with Crippen LogP contribution in [0.5, 0.6) is 11.5 Å². The zero-order chi connectivity index (χ0) is 19.2. The number of tetrazole rings is 1. The van der Waals surface area contributed by atoms with E-state index in [9.17, 15) is 9.59 Å². The SMILES string of the molecule is COc1ccc(CC(=O)NCCn2nnn(-c3cccs3)c2=O)cc1OC. The Morgan fingerprint density at radius 2 is 2.00 bits per heavy atom. The Bertz CT molecular complexity index is 964. The molecule has 0 saturated heterocycles. The number of carbonyl (C=O) groups excluding carboxylic acids is 1. The van der Waals surface area contributed by atoms with Crippen molar-refractivity contribution in [3.8, 4) is 16.5 Å². The fraction of sp³-hybridized carbons (Fsp3) is 0.294. The summed E-state index contributed by atoms with van der Waals surface area (Å²) in [4.78, 5) is 24.4. The third-order valence-corrected chi connectivity index (χ3v) is 4.66. The van der Waals surface area contributed by atoms with Crippen LogP contribution in [0.3, 0.4) is 0 Å². The van der Waals surface area contributed by atoms with Crippen molar-refractivity contribution in [1.82, 2.24) is 25.1 Å². The van der Waals surface area contributed by atoms with Crippen LogP contribution >= 0.6 is 11.3 Å². The van der Waals surface area contributed by atoms with Crippen LogP contribution in [0.1, 0.15) is 5.56 Å². The first kappa shape index (κ1) is 18.6. The van der Waals surface area contributed by atoms with Gasteiger partial charge in [-0.15, -0.1) is 11.3 Å². The van der Waals surface area contributed by atoms with Gasteiger partial charge < -0.3 is 14.8 Å². The number of methoxy groups -OCH3 is 2. The highest BCUT2D eigenvalue weighted by atomic mass is 32.1. The molecule has 1 aromatic carbocycles.